The molecule has 0 bridgehead atoms. The monoisotopic (exact) mass is 298 g/mol. The molecule has 1 nitrogen and oxygen atoms in total. The van der Waals surface area contributed by atoms with Gasteiger partial charge >= 0.3 is 0 Å². The van der Waals surface area contributed by atoms with Crippen molar-refractivity contribution in [1.82, 2.24) is 0 Å². The lowest BCUT2D eigenvalue weighted by molar-refractivity contribution is 0.668. The van der Waals surface area contributed by atoms with Gasteiger partial charge in [-0.05, 0) is 66.1 Å². The molecule has 23 heavy (non-hydrogen) atoms. The first-order valence-electron chi connectivity index (χ1n) is 8.32. The summed E-state index contributed by atoms with van der Waals surface area (Å²) in [4.78, 5) is 0. The molecule has 0 radical (unpaired) electrons. The molecule has 1 heteroatoms. The van der Waals surface area contributed by atoms with Gasteiger partial charge in [-0.25, -0.2) is 0 Å². The molecule has 0 spiro atoms. The summed E-state index contributed by atoms with van der Waals surface area (Å²) in [5.74, 6) is 0.696. The summed E-state index contributed by atoms with van der Waals surface area (Å²) in [6.45, 7) is 2.20. The van der Waals surface area contributed by atoms with Gasteiger partial charge in [0.15, 0.2) is 0 Å². The highest BCUT2D eigenvalue weighted by atomic mass is 16.3. The lowest BCUT2D eigenvalue weighted by atomic mass is 9.92. The van der Waals surface area contributed by atoms with E-state index in [0.717, 1.165) is 11.2 Å². The summed E-state index contributed by atoms with van der Waals surface area (Å²) in [5, 5.41) is 2.43. The van der Waals surface area contributed by atoms with Crippen LogP contribution in [0, 0.1) is 6.92 Å². The van der Waals surface area contributed by atoms with Gasteiger partial charge in [-0.2, -0.15) is 0 Å². The first-order valence-corrected chi connectivity index (χ1v) is 8.32. The van der Waals surface area contributed by atoms with Crippen LogP contribution in [0.15, 0.2) is 65.1 Å². The topological polar surface area (TPSA) is 13.1 Å². The molecule has 0 aliphatic heterocycles. The van der Waals surface area contributed by atoms with E-state index in [9.17, 15) is 0 Å². The zero-order valence-electron chi connectivity index (χ0n) is 13.2. The summed E-state index contributed by atoms with van der Waals surface area (Å²) in [6, 6.07) is 21.6. The van der Waals surface area contributed by atoms with E-state index in [1.54, 1.807) is 0 Å². The number of fused-ring (bicyclic) bond motifs is 3. The summed E-state index contributed by atoms with van der Waals surface area (Å²) < 4.78 is 6.09. The Balaban J connectivity index is 1.87. The Labute approximate surface area is 135 Å². The van der Waals surface area contributed by atoms with Gasteiger partial charge in [-0.3, -0.25) is 0 Å². The van der Waals surface area contributed by atoms with Crippen molar-refractivity contribution in [3.63, 3.8) is 0 Å². The highest BCUT2D eigenvalue weighted by Crippen LogP contribution is 2.47. The molecule has 1 aliphatic rings. The third kappa shape index (κ3) is 2.00. The lowest BCUT2D eigenvalue weighted by Crippen LogP contribution is -1.90. The maximum absolute atomic E-state index is 6.09. The summed E-state index contributed by atoms with van der Waals surface area (Å²) in [6.07, 6.45) is 2.59. The van der Waals surface area contributed by atoms with Gasteiger partial charge < -0.3 is 4.42 Å². The highest BCUT2D eigenvalue weighted by molar-refractivity contribution is 6.07. The Morgan fingerprint density at radius 1 is 0.783 bits per heavy atom. The summed E-state index contributed by atoms with van der Waals surface area (Å²) in [5.41, 5.74) is 7.51. The van der Waals surface area contributed by atoms with E-state index in [2.05, 4.69) is 61.5 Å². The zero-order valence-corrected chi connectivity index (χ0v) is 13.2. The van der Waals surface area contributed by atoms with Gasteiger partial charge in [0.05, 0.1) is 0 Å². The SMILES string of the molecule is Cc1ccccc1-c1cc2c(cc1C1CC1)oc1ccccc12. The number of hydrogen-bond acceptors (Lipinski definition) is 1. The number of rotatable bonds is 2. The number of benzene rings is 3. The fraction of sp³-hybridized carbons (Fsp3) is 0.182. The van der Waals surface area contributed by atoms with Crippen molar-refractivity contribution in [2.45, 2.75) is 25.7 Å². The number of aryl methyl sites for hydroxylation is 1. The summed E-state index contributed by atoms with van der Waals surface area (Å²) >= 11 is 0. The molecule has 0 N–H and O–H groups in total. The first-order chi connectivity index (χ1) is 11.3. The van der Waals surface area contributed by atoms with Gasteiger partial charge in [0.25, 0.3) is 0 Å². The van der Waals surface area contributed by atoms with Gasteiger partial charge in [0, 0.05) is 10.8 Å². The Bertz CT molecular complexity index is 1030. The molecule has 1 aromatic heterocycles. The maximum Gasteiger partial charge on any atom is 0.135 e. The molecular weight excluding hydrogens is 280 g/mol. The molecule has 1 saturated carbocycles. The van der Waals surface area contributed by atoms with Crippen molar-refractivity contribution < 1.29 is 4.42 Å². The van der Waals surface area contributed by atoms with Crippen LogP contribution in [0.5, 0.6) is 0 Å². The lowest BCUT2D eigenvalue weighted by Gasteiger charge is -2.12. The predicted molar refractivity (Wildman–Crippen MR) is 95.9 cm³/mol. The molecule has 112 valence electrons. The molecular formula is C22H18O. The van der Waals surface area contributed by atoms with E-state index in [1.165, 1.54) is 45.9 Å². The smallest absolute Gasteiger partial charge is 0.135 e. The van der Waals surface area contributed by atoms with E-state index in [0.29, 0.717) is 5.92 Å². The van der Waals surface area contributed by atoms with Crippen LogP contribution in [-0.2, 0) is 0 Å². The maximum atomic E-state index is 6.09. The fourth-order valence-corrected chi connectivity index (χ4v) is 3.63. The Morgan fingerprint density at radius 2 is 1.57 bits per heavy atom. The van der Waals surface area contributed by atoms with Crippen LogP contribution in [0.1, 0.15) is 29.9 Å². The average molecular weight is 298 g/mol. The molecule has 3 aromatic carbocycles. The molecule has 1 heterocycles. The van der Waals surface area contributed by atoms with Crippen molar-refractivity contribution in [1.29, 1.82) is 0 Å². The molecule has 0 unspecified atom stereocenters. The third-order valence-electron chi connectivity index (χ3n) is 5.00. The average Bonchev–Trinajstić information content (AvgIpc) is 3.35. The van der Waals surface area contributed by atoms with Crippen LogP contribution in [-0.4, -0.2) is 0 Å². The largest absolute Gasteiger partial charge is 0.456 e. The van der Waals surface area contributed by atoms with E-state index in [1.807, 2.05) is 6.07 Å². The van der Waals surface area contributed by atoms with E-state index in [-0.39, 0.29) is 0 Å². The van der Waals surface area contributed by atoms with Crippen molar-refractivity contribution >= 4 is 21.9 Å². The highest BCUT2D eigenvalue weighted by Gasteiger charge is 2.28. The van der Waals surface area contributed by atoms with Crippen LogP contribution in [0.25, 0.3) is 33.1 Å². The van der Waals surface area contributed by atoms with Crippen molar-refractivity contribution in [2.24, 2.45) is 0 Å². The van der Waals surface area contributed by atoms with Gasteiger partial charge in [0.2, 0.25) is 0 Å². The molecule has 4 aromatic rings. The summed E-state index contributed by atoms with van der Waals surface area (Å²) in [7, 11) is 0. The molecule has 0 amide bonds. The van der Waals surface area contributed by atoms with Gasteiger partial charge in [-0.1, -0.05) is 42.5 Å². The fourth-order valence-electron chi connectivity index (χ4n) is 3.63. The van der Waals surface area contributed by atoms with Crippen LogP contribution >= 0.6 is 0 Å². The standard InChI is InChI=1S/C22H18O/c1-14-6-2-3-7-16(14)19-12-20-17-8-4-5-9-21(17)23-22(20)13-18(19)15-10-11-15/h2-9,12-13,15H,10-11H2,1H3. The van der Waals surface area contributed by atoms with Crippen LogP contribution < -0.4 is 0 Å². The predicted octanol–water partition coefficient (Wildman–Crippen LogP) is 6.44. The minimum atomic E-state index is 0.696. The zero-order chi connectivity index (χ0) is 15.4. The minimum Gasteiger partial charge on any atom is -0.456 e. The second-order valence-corrected chi connectivity index (χ2v) is 6.62. The van der Waals surface area contributed by atoms with Crippen LogP contribution in [0.4, 0.5) is 0 Å². The second-order valence-electron chi connectivity index (χ2n) is 6.62. The third-order valence-corrected chi connectivity index (χ3v) is 5.00. The number of para-hydroxylation sites is 1. The second kappa shape index (κ2) is 4.73. The van der Waals surface area contributed by atoms with E-state index < -0.39 is 0 Å². The Morgan fingerprint density at radius 3 is 2.39 bits per heavy atom. The van der Waals surface area contributed by atoms with Crippen LogP contribution in [0.3, 0.4) is 0 Å². The van der Waals surface area contributed by atoms with Crippen molar-refractivity contribution in [2.75, 3.05) is 0 Å². The van der Waals surface area contributed by atoms with Crippen molar-refractivity contribution in [3.8, 4) is 11.1 Å². The van der Waals surface area contributed by atoms with Gasteiger partial charge in [0.1, 0.15) is 11.2 Å². The van der Waals surface area contributed by atoms with E-state index in [4.69, 9.17) is 4.42 Å². The number of hydrogen-bond donors (Lipinski definition) is 0. The van der Waals surface area contributed by atoms with Crippen molar-refractivity contribution in [3.05, 3.63) is 71.8 Å². The Hall–Kier alpha value is -2.54. The Kier molecular flexibility index (Phi) is 2.66. The minimum absolute atomic E-state index is 0.696. The van der Waals surface area contributed by atoms with Crippen LogP contribution in [0.2, 0.25) is 0 Å². The molecule has 0 atom stereocenters. The van der Waals surface area contributed by atoms with Gasteiger partial charge in [-0.15, -0.1) is 0 Å². The normalized spacial score (nSPS) is 14.7. The number of furan rings is 1. The molecule has 1 fully saturated rings. The molecule has 5 rings (SSSR count). The van der Waals surface area contributed by atoms with E-state index >= 15 is 0 Å². The first kappa shape index (κ1) is 13.0. The molecule has 0 saturated heterocycles. The quantitative estimate of drug-likeness (QED) is 0.415. The molecule has 1 aliphatic carbocycles.